The van der Waals surface area contributed by atoms with Crippen LogP contribution in [0.3, 0.4) is 0 Å². The van der Waals surface area contributed by atoms with Crippen molar-refractivity contribution in [3.63, 3.8) is 0 Å². The van der Waals surface area contributed by atoms with Crippen molar-refractivity contribution in [2.24, 2.45) is 5.92 Å². The van der Waals surface area contributed by atoms with Crippen molar-refractivity contribution in [3.8, 4) is 0 Å². The van der Waals surface area contributed by atoms with Gasteiger partial charge >= 0.3 is 6.09 Å². The number of nitrogens with zero attached hydrogens (tertiary/aromatic N) is 1. The van der Waals surface area contributed by atoms with Gasteiger partial charge < -0.3 is 9.84 Å². The quantitative estimate of drug-likeness (QED) is 0.795. The molecule has 1 aliphatic carbocycles. The number of rotatable bonds is 4. The molecule has 0 unspecified atom stereocenters. The summed E-state index contributed by atoms with van der Waals surface area (Å²) in [7, 11) is -3.75. The number of benzene rings is 1. The van der Waals surface area contributed by atoms with E-state index in [4.69, 9.17) is 4.74 Å². The summed E-state index contributed by atoms with van der Waals surface area (Å²) in [5.41, 5.74) is 0.304. The molecule has 0 radical (unpaired) electrons. The van der Waals surface area contributed by atoms with Crippen LogP contribution in [-0.2, 0) is 14.6 Å². The molecule has 0 saturated carbocycles. The lowest BCUT2D eigenvalue weighted by molar-refractivity contribution is 0.0235. The number of ether oxygens (including phenoxy) is 1. The van der Waals surface area contributed by atoms with Gasteiger partial charge in [-0.2, -0.15) is 0 Å². The summed E-state index contributed by atoms with van der Waals surface area (Å²) in [5, 5.41) is 9.53. The largest absolute Gasteiger partial charge is 0.444 e. The Hall–Kier alpha value is -1.86. The highest BCUT2D eigenvalue weighted by molar-refractivity contribution is 7.93. The lowest BCUT2D eigenvalue weighted by atomic mass is 9.93. The fraction of sp³-hybridized carbons (Fsp3) is 0.550. The molecule has 1 heterocycles. The molecule has 3 atom stereocenters. The molecule has 1 aromatic rings. The zero-order valence-electron chi connectivity index (χ0n) is 16.2. The smallest absolute Gasteiger partial charge is 0.410 e. The first-order valence-corrected chi connectivity index (χ1v) is 10.6. The number of hydrogen-bond donors (Lipinski definition) is 1. The normalized spacial score (nSPS) is 27.2. The Morgan fingerprint density at radius 1 is 1.30 bits per heavy atom. The van der Waals surface area contributed by atoms with Crippen molar-refractivity contribution in [1.82, 2.24) is 4.90 Å². The zero-order valence-corrected chi connectivity index (χ0v) is 17.0. The first-order valence-electron chi connectivity index (χ1n) is 9.13. The Labute approximate surface area is 160 Å². The van der Waals surface area contributed by atoms with E-state index in [-0.39, 0.29) is 18.0 Å². The Kier molecular flexibility index (Phi) is 4.89. The van der Waals surface area contributed by atoms with Crippen LogP contribution in [0.1, 0.15) is 32.8 Å². The van der Waals surface area contributed by atoms with Crippen LogP contribution in [0.5, 0.6) is 0 Å². The average molecular weight is 394 g/mol. The zero-order chi connectivity index (χ0) is 20.0. The highest BCUT2D eigenvalue weighted by Gasteiger charge is 2.62. The summed E-state index contributed by atoms with van der Waals surface area (Å²) in [6, 6.07) is 6.34. The Morgan fingerprint density at radius 3 is 2.48 bits per heavy atom. The molecule has 1 aliphatic heterocycles. The predicted octanol–water partition coefficient (Wildman–Crippen LogP) is 2.70. The summed E-state index contributed by atoms with van der Waals surface area (Å²) in [6.07, 6.45) is 3.23. The number of carbonyl (C=O) groups excluding carboxylic acids is 1. The molecule has 1 N–H and O–H groups in total. The summed E-state index contributed by atoms with van der Waals surface area (Å²) < 4.78 is 31.3. The lowest BCUT2D eigenvalue weighted by Gasteiger charge is -2.31. The highest BCUT2D eigenvalue weighted by atomic mass is 32.2. The number of amides is 1. The molecule has 27 heavy (non-hydrogen) atoms. The maximum absolute atomic E-state index is 13.6. The van der Waals surface area contributed by atoms with E-state index in [1.54, 1.807) is 57.2 Å². The molecular formula is C20H27NO5S. The van der Waals surface area contributed by atoms with Gasteiger partial charge in [-0.25, -0.2) is 13.2 Å². The third kappa shape index (κ3) is 3.27. The van der Waals surface area contributed by atoms with Crippen LogP contribution < -0.4 is 0 Å². The number of hydrogen-bond acceptors (Lipinski definition) is 5. The van der Waals surface area contributed by atoms with Gasteiger partial charge in [-0.3, -0.25) is 4.90 Å². The molecule has 1 amide bonds. The standard InChI is InChI=1S/C20H27NO5S/c1-14-5-7-15(8-6-14)27(24,25)20-11-9-17(16(20)10-12-22)21(13-20)18(23)26-19(2,3)4/h5-9,11,16-17,22H,10,12-13H2,1-4H3/t16-,17+,20-/m0/s1. The van der Waals surface area contributed by atoms with Gasteiger partial charge in [0, 0.05) is 19.1 Å². The van der Waals surface area contributed by atoms with E-state index >= 15 is 0 Å². The van der Waals surface area contributed by atoms with Gasteiger partial charge in [-0.15, -0.1) is 0 Å². The van der Waals surface area contributed by atoms with Crippen LogP contribution >= 0.6 is 0 Å². The number of carbonyl (C=O) groups is 1. The van der Waals surface area contributed by atoms with Crippen LogP contribution in [0.15, 0.2) is 41.3 Å². The predicted molar refractivity (Wildman–Crippen MR) is 102 cm³/mol. The molecule has 148 valence electrons. The van der Waals surface area contributed by atoms with Crippen molar-refractivity contribution >= 4 is 15.9 Å². The van der Waals surface area contributed by atoms with E-state index in [0.717, 1.165) is 5.56 Å². The second kappa shape index (κ2) is 6.63. The molecule has 2 aliphatic rings. The molecule has 1 fully saturated rings. The van der Waals surface area contributed by atoms with Crippen LogP contribution in [0.4, 0.5) is 4.79 Å². The summed E-state index contributed by atoms with van der Waals surface area (Å²) >= 11 is 0. The molecule has 1 saturated heterocycles. The van der Waals surface area contributed by atoms with Crippen LogP contribution in [0.2, 0.25) is 0 Å². The molecule has 0 aromatic heterocycles. The summed E-state index contributed by atoms with van der Waals surface area (Å²) in [5.74, 6) is -0.402. The summed E-state index contributed by atoms with van der Waals surface area (Å²) in [4.78, 5) is 14.4. The Balaban J connectivity index is 2.01. The first-order chi connectivity index (χ1) is 12.5. The number of likely N-dealkylation sites (tertiary alicyclic amines) is 1. The van der Waals surface area contributed by atoms with Crippen LogP contribution in [0.25, 0.3) is 0 Å². The monoisotopic (exact) mass is 393 g/mol. The maximum atomic E-state index is 13.6. The van der Waals surface area contributed by atoms with E-state index < -0.39 is 38.2 Å². The SMILES string of the molecule is Cc1ccc(S(=O)(=O)[C@]23C=C[C@H]([C@@H]2CCO)N(C(=O)OC(C)(C)C)C3)cc1. The minimum absolute atomic E-state index is 0.0317. The van der Waals surface area contributed by atoms with Crippen molar-refractivity contribution in [3.05, 3.63) is 42.0 Å². The van der Waals surface area contributed by atoms with Crippen LogP contribution in [0, 0.1) is 12.8 Å². The van der Waals surface area contributed by atoms with Gasteiger partial charge in [0.15, 0.2) is 9.84 Å². The lowest BCUT2D eigenvalue weighted by Crippen LogP contribution is -2.46. The van der Waals surface area contributed by atoms with E-state index in [1.807, 2.05) is 6.92 Å². The molecule has 7 heteroatoms. The number of fused-ring (bicyclic) bond motifs is 2. The number of sulfone groups is 1. The minimum atomic E-state index is -3.75. The van der Waals surface area contributed by atoms with Crippen LogP contribution in [-0.4, -0.2) is 54.1 Å². The molecular weight excluding hydrogens is 366 g/mol. The van der Waals surface area contributed by atoms with E-state index in [0.29, 0.717) is 6.42 Å². The van der Waals surface area contributed by atoms with Crippen molar-refractivity contribution in [2.45, 2.75) is 55.4 Å². The van der Waals surface area contributed by atoms with Gasteiger partial charge in [0.1, 0.15) is 10.3 Å². The highest BCUT2D eigenvalue weighted by Crippen LogP contribution is 2.50. The van der Waals surface area contributed by atoms with Crippen molar-refractivity contribution in [2.75, 3.05) is 13.2 Å². The number of aliphatic hydroxyl groups excluding tert-OH is 1. The molecule has 6 nitrogen and oxygen atoms in total. The maximum Gasteiger partial charge on any atom is 0.410 e. The third-order valence-electron chi connectivity index (χ3n) is 5.29. The second-order valence-electron chi connectivity index (χ2n) is 8.35. The second-order valence-corrected chi connectivity index (χ2v) is 10.6. The summed E-state index contributed by atoms with van der Waals surface area (Å²) in [6.45, 7) is 7.12. The van der Waals surface area contributed by atoms with Gasteiger partial charge in [-0.1, -0.05) is 29.8 Å². The number of aryl methyl sites for hydroxylation is 1. The van der Waals surface area contributed by atoms with E-state index in [1.165, 1.54) is 4.90 Å². The fourth-order valence-corrected chi connectivity index (χ4v) is 6.20. The van der Waals surface area contributed by atoms with Crippen molar-refractivity contribution < 1.29 is 23.1 Å². The minimum Gasteiger partial charge on any atom is -0.444 e. The Bertz CT molecular complexity index is 853. The molecule has 1 aromatic carbocycles. The first kappa shape index (κ1) is 19.9. The fourth-order valence-electron chi connectivity index (χ4n) is 4.04. The molecule has 3 rings (SSSR count). The molecule has 0 spiro atoms. The van der Waals surface area contributed by atoms with E-state index in [9.17, 15) is 18.3 Å². The van der Waals surface area contributed by atoms with E-state index in [2.05, 4.69) is 0 Å². The Morgan fingerprint density at radius 2 is 1.93 bits per heavy atom. The van der Waals surface area contributed by atoms with Gasteiger partial charge in [0.25, 0.3) is 0 Å². The topological polar surface area (TPSA) is 83.9 Å². The molecule has 2 bridgehead atoms. The third-order valence-corrected chi connectivity index (χ3v) is 7.75. The van der Waals surface area contributed by atoms with Gasteiger partial charge in [-0.05, 0) is 46.2 Å². The number of aliphatic hydroxyl groups is 1. The van der Waals surface area contributed by atoms with Crippen molar-refractivity contribution in [1.29, 1.82) is 0 Å². The van der Waals surface area contributed by atoms with Gasteiger partial charge in [0.2, 0.25) is 0 Å². The average Bonchev–Trinajstić information content (AvgIpc) is 3.08. The van der Waals surface area contributed by atoms with Gasteiger partial charge in [0.05, 0.1) is 10.9 Å².